The van der Waals surface area contributed by atoms with E-state index in [0.29, 0.717) is 12.5 Å². The summed E-state index contributed by atoms with van der Waals surface area (Å²) in [5.74, 6) is 0.419. The van der Waals surface area contributed by atoms with Gasteiger partial charge in [-0.05, 0) is 33.6 Å². The number of esters is 1. The van der Waals surface area contributed by atoms with E-state index in [1.807, 2.05) is 26.2 Å². The monoisotopic (exact) mass is 312 g/mol. The van der Waals surface area contributed by atoms with Crippen LogP contribution in [0.15, 0.2) is 5.38 Å². The maximum Gasteiger partial charge on any atom is 0.317 e. The molecule has 1 atom stereocenters. The maximum atomic E-state index is 12.1. The molecule has 0 N–H and O–H groups in total. The van der Waals surface area contributed by atoms with E-state index in [1.165, 1.54) is 0 Å². The Morgan fingerprint density at radius 3 is 2.62 bits per heavy atom. The molecule has 1 unspecified atom stereocenters. The lowest BCUT2D eigenvalue weighted by Crippen LogP contribution is -2.32. The number of carbonyl (C=O) groups is 1. The van der Waals surface area contributed by atoms with Crippen LogP contribution in [0.1, 0.15) is 53.7 Å². The molecule has 0 aliphatic heterocycles. The predicted molar refractivity (Wildman–Crippen MR) is 89.1 cm³/mol. The Morgan fingerprint density at radius 1 is 1.43 bits per heavy atom. The van der Waals surface area contributed by atoms with E-state index in [0.717, 1.165) is 30.3 Å². The fourth-order valence-corrected chi connectivity index (χ4v) is 3.03. The molecule has 21 heavy (non-hydrogen) atoms. The van der Waals surface area contributed by atoms with Crippen molar-refractivity contribution >= 4 is 22.4 Å². The van der Waals surface area contributed by atoms with Crippen LogP contribution in [0.25, 0.3) is 0 Å². The van der Waals surface area contributed by atoms with Crippen molar-refractivity contribution in [2.75, 3.05) is 24.6 Å². The number of hydrogen-bond acceptors (Lipinski definition) is 5. The van der Waals surface area contributed by atoms with Gasteiger partial charge in [0.1, 0.15) is 5.41 Å². The number of thiazole rings is 1. The molecular formula is C16H28N2O2S. The third-order valence-corrected chi connectivity index (χ3v) is 4.70. The molecule has 0 aliphatic rings. The third-order valence-electron chi connectivity index (χ3n) is 3.80. The second-order valence-corrected chi connectivity index (χ2v) is 6.75. The highest BCUT2D eigenvalue weighted by molar-refractivity contribution is 7.13. The average Bonchev–Trinajstić information content (AvgIpc) is 2.94. The molecule has 0 amide bonds. The summed E-state index contributed by atoms with van der Waals surface area (Å²) in [6.07, 6.45) is 1.16. The van der Waals surface area contributed by atoms with Gasteiger partial charge < -0.3 is 9.64 Å². The van der Waals surface area contributed by atoms with Crippen LogP contribution in [0.5, 0.6) is 0 Å². The van der Waals surface area contributed by atoms with Crippen molar-refractivity contribution in [2.24, 2.45) is 5.92 Å². The fourth-order valence-electron chi connectivity index (χ4n) is 1.96. The van der Waals surface area contributed by atoms with E-state index < -0.39 is 5.41 Å². The van der Waals surface area contributed by atoms with Gasteiger partial charge in [-0.15, -0.1) is 11.3 Å². The van der Waals surface area contributed by atoms with Gasteiger partial charge in [0.05, 0.1) is 12.3 Å². The number of hydrogen-bond donors (Lipinski definition) is 0. The highest BCUT2D eigenvalue weighted by Crippen LogP contribution is 2.30. The van der Waals surface area contributed by atoms with Gasteiger partial charge in [0, 0.05) is 18.5 Å². The van der Waals surface area contributed by atoms with Crippen LogP contribution in [-0.4, -0.2) is 30.6 Å². The van der Waals surface area contributed by atoms with E-state index in [9.17, 15) is 4.79 Å². The highest BCUT2D eigenvalue weighted by atomic mass is 32.1. The van der Waals surface area contributed by atoms with Crippen LogP contribution in [0.2, 0.25) is 0 Å². The summed E-state index contributed by atoms with van der Waals surface area (Å²) in [5, 5.41) is 2.97. The Hall–Kier alpha value is -1.10. The summed E-state index contributed by atoms with van der Waals surface area (Å²) in [5.41, 5.74) is 0.101. The Labute approximate surface area is 132 Å². The number of nitrogens with zero attached hydrogens (tertiary/aromatic N) is 2. The zero-order valence-corrected chi connectivity index (χ0v) is 14.9. The topological polar surface area (TPSA) is 42.4 Å². The predicted octanol–water partition coefficient (Wildman–Crippen LogP) is 3.86. The zero-order chi connectivity index (χ0) is 16.0. The summed E-state index contributed by atoms with van der Waals surface area (Å²) in [7, 11) is 0. The van der Waals surface area contributed by atoms with E-state index in [-0.39, 0.29) is 5.97 Å². The summed E-state index contributed by atoms with van der Waals surface area (Å²) in [6, 6.07) is 0. The minimum atomic E-state index is -0.694. The van der Waals surface area contributed by atoms with E-state index >= 15 is 0 Å². The molecule has 0 bridgehead atoms. The number of rotatable bonds is 8. The van der Waals surface area contributed by atoms with Crippen molar-refractivity contribution in [2.45, 2.75) is 53.4 Å². The first kappa shape index (κ1) is 18.0. The van der Waals surface area contributed by atoms with Crippen molar-refractivity contribution in [3.8, 4) is 0 Å². The number of ether oxygens (including phenoxy) is 1. The molecule has 0 fully saturated rings. The molecule has 0 saturated carbocycles. The van der Waals surface area contributed by atoms with Crippen LogP contribution >= 0.6 is 11.3 Å². The highest BCUT2D eigenvalue weighted by Gasteiger charge is 2.34. The van der Waals surface area contributed by atoms with E-state index in [1.54, 1.807) is 11.3 Å². The van der Waals surface area contributed by atoms with Crippen molar-refractivity contribution in [3.05, 3.63) is 11.1 Å². The second-order valence-electron chi connectivity index (χ2n) is 5.91. The minimum Gasteiger partial charge on any atom is -0.465 e. The molecule has 5 heteroatoms. The number of carbonyl (C=O) groups excluding carboxylic acids is 1. The van der Waals surface area contributed by atoms with E-state index in [2.05, 4.69) is 30.7 Å². The lowest BCUT2D eigenvalue weighted by atomic mass is 9.90. The summed E-state index contributed by atoms with van der Waals surface area (Å²) >= 11 is 1.60. The van der Waals surface area contributed by atoms with Gasteiger partial charge in [-0.25, -0.2) is 4.98 Å². The van der Waals surface area contributed by atoms with Crippen molar-refractivity contribution < 1.29 is 9.53 Å². The lowest BCUT2D eigenvalue weighted by Gasteiger charge is -2.24. The molecule has 120 valence electrons. The van der Waals surface area contributed by atoms with Crippen LogP contribution in [0.4, 0.5) is 5.13 Å². The molecule has 1 rings (SSSR count). The first-order valence-electron chi connectivity index (χ1n) is 7.74. The van der Waals surface area contributed by atoms with Gasteiger partial charge in [-0.3, -0.25) is 4.79 Å². The van der Waals surface area contributed by atoms with Gasteiger partial charge >= 0.3 is 5.97 Å². The van der Waals surface area contributed by atoms with Gasteiger partial charge in [-0.2, -0.15) is 0 Å². The minimum absolute atomic E-state index is 0.216. The maximum absolute atomic E-state index is 12.1. The second kappa shape index (κ2) is 7.78. The van der Waals surface area contributed by atoms with Crippen LogP contribution in [0, 0.1) is 5.92 Å². The third kappa shape index (κ3) is 4.43. The standard InChI is InChI=1S/C16H28N2O2S/c1-7-12(4)10-18(8-2)15-17-13(11-21-15)16(5,6)14(19)20-9-3/h11-12H,7-10H2,1-6H3. The normalized spacial score (nSPS) is 13.0. The molecule has 0 radical (unpaired) electrons. The Balaban J connectivity index is 2.90. The molecule has 0 aliphatic carbocycles. The zero-order valence-electron chi connectivity index (χ0n) is 14.1. The van der Waals surface area contributed by atoms with Crippen LogP contribution < -0.4 is 4.90 Å². The summed E-state index contributed by atoms with van der Waals surface area (Å²) < 4.78 is 5.15. The van der Waals surface area contributed by atoms with Crippen molar-refractivity contribution in [3.63, 3.8) is 0 Å². The van der Waals surface area contributed by atoms with Gasteiger partial charge in [0.2, 0.25) is 0 Å². The van der Waals surface area contributed by atoms with Crippen molar-refractivity contribution in [1.29, 1.82) is 0 Å². The first-order chi connectivity index (χ1) is 9.86. The average molecular weight is 312 g/mol. The number of anilines is 1. The Kier molecular flexibility index (Phi) is 6.65. The molecule has 0 saturated heterocycles. The van der Waals surface area contributed by atoms with Crippen molar-refractivity contribution in [1.82, 2.24) is 4.98 Å². The molecule has 4 nitrogen and oxygen atoms in total. The molecule has 1 heterocycles. The lowest BCUT2D eigenvalue weighted by molar-refractivity contribution is -0.148. The largest absolute Gasteiger partial charge is 0.465 e. The summed E-state index contributed by atoms with van der Waals surface area (Å²) in [6.45, 7) is 14.5. The van der Waals surface area contributed by atoms with Gasteiger partial charge in [0.15, 0.2) is 5.13 Å². The Morgan fingerprint density at radius 2 is 2.10 bits per heavy atom. The van der Waals surface area contributed by atoms with Gasteiger partial charge in [-0.1, -0.05) is 20.3 Å². The van der Waals surface area contributed by atoms with Crippen LogP contribution in [0.3, 0.4) is 0 Å². The first-order valence-corrected chi connectivity index (χ1v) is 8.62. The molecule has 0 spiro atoms. The quantitative estimate of drug-likeness (QED) is 0.684. The fraction of sp³-hybridized carbons (Fsp3) is 0.750. The van der Waals surface area contributed by atoms with Crippen LogP contribution in [-0.2, 0) is 14.9 Å². The molecular weight excluding hydrogens is 284 g/mol. The summed E-state index contributed by atoms with van der Waals surface area (Å²) in [4.78, 5) is 19.0. The smallest absolute Gasteiger partial charge is 0.317 e. The molecule has 0 aromatic carbocycles. The van der Waals surface area contributed by atoms with Gasteiger partial charge in [0.25, 0.3) is 0 Å². The Bertz CT molecular complexity index is 457. The molecule has 1 aromatic heterocycles. The number of aromatic nitrogens is 1. The van der Waals surface area contributed by atoms with E-state index in [4.69, 9.17) is 4.74 Å². The SMILES string of the molecule is CCOC(=O)C(C)(C)c1csc(N(CC)CC(C)CC)n1. The molecule has 1 aromatic rings.